The minimum atomic E-state index is -4.68. The second-order valence-corrected chi connectivity index (χ2v) is 3.61. The first-order valence-electron chi connectivity index (χ1n) is 3.05. The highest BCUT2D eigenvalue weighted by Gasteiger charge is 2.39. The van der Waals surface area contributed by atoms with Crippen LogP contribution < -0.4 is 0 Å². The summed E-state index contributed by atoms with van der Waals surface area (Å²) < 4.78 is 46.3. The van der Waals surface area contributed by atoms with E-state index < -0.39 is 16.3 Å². The maximum Gasteiger partial charge on any atom is 0.477 e. The first kappa shape index (κ1) is 9.31. The van der Waals surface area contributed by atoms with E-state index in [0.717, 1.165) is 0 Å². The number of aryl methyl sites for hydroxylation is 1. The maximum atomic E-state index is 11.9. The second kappa shape index (κ2) is 2.93. The molecule has 1 N–H and O–H groups in total. The molecule has 0 saturated carbocycles. The first-order chi connectivity index (χ1) is 5.43. The van der Waals surface area contributed by atoms with Crippen LogP contribution in [0.3, 0.4) is 0 Å². The van der Waals surface area contributed by atoms with Gasteiger partial charge in [0.1, 0.15) is 5.03 Å². The first-order valence-corrected chi connectivity index (χ1v) is 4.20. The van der Waals surface area contributed by atoms with Gasteiger partial charge in [-0.15, -0.1) is 0 Å². The van der Waals surface area contributed by atoms with Gasteiger partial charge in [-0.1, -0.05) is 0 Å². The summed E-state index contributed by atoms with van der Waals surface area (Å²) in [4.78, 5) is 2.29. The van der Waals surface area contributed by atoms with Gasteiger partial charge in [0.2, 0.25) is 0 Å². The zero-order valence-electron chi connectivity index (χ0n) is 6.11. The van der Waals surface area contributed by atoms with Crippen molar-refractivity contribution in [2.45, 2.75) is 17.5 Å². The van der Waals surface area contributed by atoms with E-state index >= 15 is 0 Å². The van der Waals surface area contributed by atoms with Crippen LogP contribution in [0.2, 0.25) is 0 Å². The molecule has 1 unspecified atom stereocenters. The number of H-pyrrole nitrogens is 1. The summed E-state index contributed by atoms with van der Waals surface area (Å²) in [5.74, 6) is 0. The van der Waals surface area contributed by atoms with E-state index in [1.165, 1.54) is 19.2 Å². The van der Waals surface area contributed by atoms with Crippen molar-refractivity contribution >= 4 is 10.8 Å². The monoisotopic (exact) mass is 197 g/mol. The number of alkyl halides is 3. The Morgan fingerprint density at radius 1 is 1.50 bits per heavy atom. The Balaban J connectivity index is 3.01. The van der Waals surface area contributed by atoms with Crippen molar-refractivity contribution in [2.75, 3.05) is 0 Å². The molecule has 0 saturated heterocycles. The third-order valence-electron chi connectivity index (χ3n) is 1.30. The number of halogens is 3. The number of aromatic amines is 1. The minimum absolute atomic E-state index is 0.275. The quantitative estimate of drug-likeness (QED) is 0.733. The van der Waals surface area contributed by atoms with Crippen molar-refractivity contribution in [3.05, 3.63) is 17.8 Å². The van der Waals surface area contributed by atoms with Gasteiger partial charge < -0.3 is 4.98 Å². The zero-order chi connectivity index (χ0) is 9.35. The van der Waals surface area contributed by atoms with Crippen molar-refractivity contribution in [1.29, 1.82) is 0 Å². The van der Waals surface area contributed by atoms with E-state index in [2.05, 4.69) is 4.98 Å². The van der Waals surface area contributed by atoms with Gasteiger partial charge >= 0.3 is 5.51 Å². The highest BCUT2D eigenvalue weighted by atomic mass is 32.2. The van der Waals surface area contributed by atoms with E-state index in [4.69, 9.17) is 0 Å². The molecule has 0 bridgehead atoms. The van der Waals surface area contributed by atoms with E-state index in [1.807, 2.05) is 0 Å². The maximum absolute atomic E-state index is 11.9. The van der Waals surface area contributed by atoms with Crippen molar-refractivity contribution in [3.8, 4) is 0 Å². The molecule has 1 heterocycles. The Hall–Kier alpha value is -0.780. The van der Waals surface area contributed by atoms with Crippen LogP contribution in [0.15, 0.2) is 17.3 Å². The van der Waals surface area contributed by atoms with Gasteiger partial charge in [0.05, 0.1) is 0 Å². The van der Waals surface area contributed by atoms with Crippen LogP contribution in [0.4, 0.5) is 13.2 Å². The Morgan fingerprint density at radius 2 is 2.08 bits per heavy atom. The molecule has 0 aromatic carbocycles. The molecule has 0 fully saturated rings. The SMILES string of the molecule is Cc1cc[nH]c1S(=O)C(F)(F)F. The third-order valence-corrected chi connectivity index (χ3v) is 2.53. The Morgan fingerprint density at radius 3 is 2.42 bits per heavy atom. The molecule has 0 amide bonds. The van der Waals surface area contributed by atoms with Crippen molar-refractivity contribution in [1.82, 2.24) is 4.98 Å². The van der Waals surface area contributed by atoms with Crippen LogP contribution in [-0.4, -0.2) is 14.7 Å². The van der Waals surface area contributed by atoms with Crippen LogP contribution in [0, 0.1) is 6.92 Å². The van der Waals surface area contributed by atoms with Gasteiger partial charge in [-0.2, -0.15) is 13.2 Å². The summed E-state index contributed by atoms with van der Waals surface area (Å²) in [5, 5.41) is -0.275. The van der Waals surface area contributed by atoms with Gasteiger partial charge in [0.15, 0.2) is 10.8 Å². The predicted octanol–water partition coefficient (Wildman–Crippen LogP) is 1.95. The number of aromatic nitrogens is 1. The fourth-order valence-corrected chi connectivity index (χ4v) is 1.51. The largest absolute Gasteiger partial charge is 0.477 e. The smallest absolute Gasteiger partial charge is 0.354 e. The van der Waals surface area contributed by atoms with Gasteiger partial charge in [0.25, 0.3) is 0 Å². The molecule has 68 valence electrons. The Bertz CT molecular complexity index is 304. The number of hydrogen-bond acceptors (Lipinski definition) is 1. The normalized spacial score (nSPS) is 14.7. The predicted molar refractivity (Wildman–Crippen MR) is 38.0 cm³/mol. The summed E-state index contributed by atoms with van der Waals surface area (Å²) in [5.41, 5.74) is -4.33. The van der Waals surface area contributed by atoms with Crippen LogP contribution in [0.25, 0.3) is 0 Å². The van der Waals surface area contributed by atoms with Crippen LogP contribution in [0.1, 0.15) is 5.56 Å². The lowest BCUT2D eigenvalue weighted by Gasteiger charge is -2.04. The van der Waals surface area contributed by atoms with Crippen LogP contribution >= 0.6 is 0 Å². The van der Waals surface area contributed by atoms with E-state index in [1.54, 1.807) is 0 Å². The fourth-order valence-electron chi connectivity index (χ4n) is 0.747. The highest BCUT2D eigenvalue weighted by Crippen LogP contribution is 2.26. The average molecular weight is 197 g/mol. The number of nitrogens with one attached hydrogen (secondary N) is 1. The lowest BCUT2D eigenvalue weighted by atomic mass is 10.4. The molecule has 1 rings (SSSR count). The Kier molecular flexibility index (Phi) is 2.27. The van der Waals surface area contributed by atoms with Gasteiger partial charge in [-0.3, -0.25) is 0 Å². The molecular weight excluding hydrogens is 191 g/mol. The van der Waals surface area contributed by atoms with Crippen LogP contribution in [-0.2, 0) is 10.8 Å². The Labute approximate surface area is 69.2 Å². The average Bonchev–Trinajstić information content (AvgIpc) is 2.31. The highest BCUT2D eigenvalue weighted by molar-refractivity contribution is 7.85. The topological polar surface area (TPSA) is 32.9 Å². The standard InChI is InChI=1S/C6H6F3NOS/c1-4-2-3-10-5(4)12(11)6(7,8)9/h2-3,10H,1H3. The van der Waals surface area contributed by atoms with E-state index in [9.17, 15) is 17.4 Å². The fraction of sp³-hybridized carbons (Fsp3) is 0.333. The molecule has 1 aromatic heterocycles. The van der Waals surface area contributed by atoms with E-state index in [0.29, 0.717) is 5.56 Å². The third kappa shape index (κ3) is 1.69. The molecule has 2 nitrogen and oxygen atoms in total. The minimum Gasteiger partial charge on any atom is -0.354 e. The van der Waals surface area contributed by atoms with Crippen molar-refractivity contribution < 1.29 is 17.4 Å². The summed E-state index contributed by atoms with van der Waals surface area (Å²) >= 11 is 0. The molecule has 12 heavy (non-hydrogen) atoms. The molecule has 1 atom stereocenters. The van der Waals surface area contributed by atoms with Gasteiger partial charge in [0, 0.05) is 6.20 Å². The van der Waals surface area contributed by atoms with Crippen molar-refractivity contribution in [2.24, 2.45) is 0 Å². The molecule has 0 spiro atoms. The molecular formula is C6H6F3NOS. The summed E-state index contributed by atoms with van der Waals surface area (Å²) in [6, 6.07) is 1.44. The van der Waals surface area contributed by atoms with Gasteiger partial charge in [-0.25, -0.2) is 4.21 Å². The molecule has 1 aromatic rings. The zero-order valence-corrected chi connectivity index (χ0v) is 6.92. The van der Waals surface area contributed by atoms with Gasteiger partial charge in [-0.05, 0) is 18.6 Å². The number of hydrogen-bond donors (Lipinski definition) is 1. The molecule has 0 radical (unpaired) electrons. The lowest BCUT2D eigenvalue weighted by Crippen LogP contribution is -2.17. The summed E-state index contributed by atoms with van der Waals surface area (Å²) in [7, 11) is -2.94. The second-order valence-electron chi connectivity index (χ2n) is 2.20. The molecule has 0 aliphatic heterocycles. The molecule has 0 aliphatic carbocycles. The lowest BCUT2D eigenvalue weighted by molar-refractivity contribution is -0.0386. The molecule has 6 heteroatoms. The molecule has 0 aliphatic rings. The van der Waals surface area contributed by atoms with E-state index in [-0.39, 0.29) is 5.03 Å². The van der Waals surface area contributed by atoms with Crippen LogP contribution in [0.5, 0.6) is 0 Å². The number of rotatable bonds is 1. The summed E-state index contributed by atoms with van der Waals surface area (Å²) in [6.07, 6.45) is 1.33. The summed E-state index contributed by atoms with van der Waals surface area (Å²) in [6.45, 7) is 1.47. The van der Waals surface area contributed by atoms with Crippen molar-refractivity contribution in [3.63, 3.8) is 0 Å².